The van der Waals surface area contributed by atoms with E-state index in [0.29, 0.717) is 19.0 Å². The van der Waals surface area contributed by atoms with Crippen LogP contribution in [-0.2, 0) is 13.1 Å². The minimum absolute atomic E-state index is 0. The number of nitrogens with zero attached hydrogens (tertiary/aromatic N) is 4. The molecule has 0 aliphatic rings. The van der Waals surface area contributed by atoms with Gasteiger partial charge in [-0.2, -0.15) is 0 Å². The van der Waals surface area contributed by atoms with Gasteiger partial charge in [-0.25, -0.2) is 0 Å². The van der Waals surface area contributed by atoms with Crippen molar-refractivity contribution in [2.24, 2.45) is 4.99 Å². The third kappa shape index (κ3) is 5.00. The fraction of sp³-hybridized carbons (Fsp3) is 0.278. The van der Waals surface area contributed by atoms with Crippen LogP contribution in [0.4, 0.5) is 0 Å². The van der Waals surface area contributed by atoms with Gasteiger partial charge in [-0.15, -0.1) is 34.2 Å². The highest BCUT2D eigenvalue weighted by molar-refractivity contribution is 14.0. The maximum absolute atomic E-state index is 5.42. The van der Waals surface area contributed by atoms with E-state index < -0.39 is 0 Å². The van der Waals surface area contributed by atoms with Crippen molar-refractivity contribution in [2.75, 3.05) is 21.3 Å². The molecule has 9 heteroatoms. The first kappa shape index (κ1) is 20.7. The van der Waals surface area contributed by atoms with E-state index >= 15 is 0 Å². The van der Waals surface area contributed by atoms with E-state index in [0.717, 1.165) is 28.5 Å². The van der Waals surface area contributed by atoms with Gasteiger partial charge in [0.15, 0.2) is 17.4 Å². The second-order valence-corrected chi connectivity index (χ2v) is 5.50. The van der Waals surface area contributed by atoms with Gasteiger partial charge in [-0.1, -0.05) is 6.07 Å². The summed E-state index contributed by atoms with van der Waals surface area (Å²) in [5, 5.41) is 14.9. The van der Waals surface area contributed by atoms with Gasteiger partial charge in [0.05, 0.1) is 20.8 Å². The minimum atomic E-state index is 0. The molecular weight excluding hydrogens is 459 g/mol. The fourth-order valence-electron chi connectivity index (χ4n) is 2.57. The molecule has 0 unspecified atom stereocenters. The SMILES string of the molecule is CN=C(NCc1ccc(OC)cc1OC)NCc1nnc2ccccn12.I. The number of methoxy groups -OCH3 is 2. The predicted molar refractivity (Wildman–Crippen MR) is 115 cm³/mol. The molecule has 0 radical (unpaired) electrons. The van der Waals surface area contributed by atoms with Crippen molar-refractivity contribution < 1.29 is 9.47 Å². The highest BCUT2D eigenvalue weighted by Crippen LogP contribution is 2.24. The molecule has 2 heterocycles. The molecule has 0 aliphatic heterocycles. The monoisotopic (exact) mass is 482 g/mol. The number of benzene rings is 1. The first-order valence-electron chi connectivity index (χ1n) is 8.19. The topological polar surface area (TPSA) is 85.1 Å². The Bertz CT molecular complexity index is 912. The third-order valence-corrected chi connectivity index (χ3v) is 3.96. The summed E-state index contributed by atoms with van der Waals surface area (Å²) >= 11 is 0. The third-order valence-electron chi connectivity index (χ3n) is 3.96. The van der Waals surface area contributed by atoms with Gasteiger partial charge in [0, 0.05) is 31.4 Å². The average Bonchev–Trinajstić information content (AvgIpc) is 3.11. The van der Waals surface area contributed by atoms with Crippen molar-refractivity contribution in [2.45, 2.75) is 13.1 Å². The average molecular weight is 482 g/mol. The molecule has 0 saturated heterocycles. The molecular formula is C18H23IN6O2. The molecule has 3 aromatic rings. The standard InChI is InChI=1S/C18H22N6O2.HI/c1-19-18(20-11-13-7-8-14(25-2)10-15(13)26-3)21-12-17-23-22-16-6-4-5-9-24(16)17;/h4-10H,11-12H2,1-3H3,(H2,19,20,21);1H. The van der Waals surface area contributed by atoms with Crippen molar-refractivity contribution in [1.29, 1.82) is 0 Å². The van der Waals surface area contributed by atoms with E-state index in [1.807, 2.05) is 47.0 Å². The predicted octanol–water partition coefficient (Wildman–Crippen LogP) is 2.23. The normalized spacial score (nSPS) is 11.0. The van der Waals surface area contributed by atoms with Gasteiger partial charge < -0.3 is 20.1 Å². The first-order chi connectivity index (χ1) is 12.7. The molecule has 0 amide bonds. The highest BCUT2D eigenvalue weighted by atomic mass is 127. The van der Waals surface area contributed by atoms with E-state index in [1.165, 1.54) is 0 Å². The van der Waals surface area contributed by atoms with E-state index in [-0.39, 0.29) is 24.0 Å². The molecule has 1 aromatic carbocycles. The van der Waals surface area contributed by atoms with Crippen LogP contribution in [0.25, 0.3) is 5.65 Å². The van der Waals surface area contributed by atoms with Crippen LogP contribution in [0, 0.1) is 0 Å². The van der Waals surface area contributed by atoms with Crippen LogP contribution in [-0.4, -0.2) is 41.8 Å². The molecule has 0 saturated carbocycles. The molecule has 8 nitrogen and oxygen atoms in total. The second kappa shape index (κ2) is 9.95. The Morgan fingerprint density at radius 1 is 1.07 bits per heavy atom. The van der Waals surface area contributed by atoms with Gasteiger partial charge in [-0.05, 0) is 24.3 Å². The van der Waals surface area contributed by atoms with E-state index in [1.54, 1.807) is 21.3 Å². The number of halogens is 1. The van der Waals surface area contributed by atoms with Crippen LogP contribution >= 0.6 is 24.0 Å². The Balaban J connectivity index is 0.00000261. The van der Waals surface area contributed by atoms with Crippen LogP contribution < -0.4 is 20.1 Å². The van der Waals surface area contributed by atoms with Gasteiger partial charge in [0.25, 0.3) is 0 Å². The number of hydrogen-bond donors (Lipinski definition) is 2. The summed E-state index contributed by atoms with van der Waals surface area (Å²) in [6.45, 7) is 1.07. The fourth-order valence-corrected chi connectivity index (χ4v) is 2.57. The summed E-state index contributed by atoms with van der Waals surface area (Å²) in [6.07, 6.45) is 1.94. The first-order valence-corrected chi connectivity index (χ1v) is 8.19. The number of nitrogens with one attached hydrogen (secondary N) is 2. The molecule has 144 valence electrons. The lowest BCUT2D eigenvalue weighted by molar-refractivity contribution is 0.390. The van der Waals surface area contributed by atoms with Crippen LogP contribution in [0.2, 0.25) is 0 Å². The zero-order valence-corrected chi connectivity index (χ0v) is 17.8. The Kier molecular flexibility index (Phi) is 7.65. The highest BCUT2D eigenvalue weighted by Gasteiger charge is 2.08. The zero-order valence-electron chi connectivity index (χ0n) is 15.5. The van der Waals surface area contributed by atoms with Crippen LogP contribution in [0.3, 0.4) is 0 Å². The summed E-state index contributed by atoms with van der Waals surface area (Å²) < 4.78 is 12.6. The number of pyridine rings is 1. The van der Waals surface area contributed by atoms with E-state index in [2.05, 4.69) is 25.8 Å². The summed E-state index contributed by atoms with van der Waals surface area (Å²) in [4.78, 5) is 4.24. The molecule has 0 spiro atoms. The summed E-state index contributed by atoms with van der Waals surface area (Å²) in [7, 11) is 5.00. The minimum Gasteiger partial charge on any atom is -0.497 e. The molecule has 3 rings (SSSR count). The van der Waals surface area contributed by atoms with Gasteiger partial charge in [-0.3, -0.25) is 9.39 Å². The van der Waals surface area contributed by atoms with E-state index in [9.17, 15) is 0 Å². The van der Waals surface area contributed by atoms with E-state index in [4.69, 9.17) is 9.47 Å². The number of aliphatic imine (C=N–C) groups is 1. The van der Waals surface area contributed by atoms with Gasteiger partial charge in [0.2, 0.25) is 0 Å². The number of aromatic nitrogens is 3. The van der Waals surface area contributed by atoms with Crippen molar-refractivity contribution >= 4 is 35.6 Å². The Labute approximate surface area is 175 Å². The maximum atomic E-state index is 5.42. The molecule has 0 aliphatic carbocycles. The number of hydrogen-bond acceptors (Lipinski definition) is 5. The van der Waals surface area contributed by atoms with Gasteiger partial charge >= 0.3 is 0 Å². The van der Waals surface area contributed by atoms with Crippen molar-refractivity contribution in [3.63, 3.8) is 0 Å². The number of guanidine groups is 1. The number of rotatable bonds is 6. The van der Waals surface area contributed by atoms with Gasteiger partial charge in [0.1, 0.15) is 11.5 Å². The lowest BCUT2D eigenvalue weighted by Gasteiger charge is -2.14. The lowest BCUT2D eigenvalue weighted by Crippen LogP contribution is -2.36. The smallest absolute Gasteiger partial charge is 0.191 e. The Morgan fingerprint density at radius 2 is 1.89 bits per heavy atom. The maximum Gasteiger partial charge on any atom is 0.191 e. The Morgan fingerprint density at radius 3 is 2.63 bits per heavy atom. The second-order valence-electron chi connectivity index (χ2n) is 5.50. The Hall–Kier alpha value is -2.56. The van der Waals surface area contributed by atoms with Crippen molar-refractivity contribution in [3.8, 4) is 11.5 Å². The van der Waals surface area contributed by atoms with Crippen LogP contribution in [0.1, 0.15) is 11.4 Å². The zero-order chi connectivity index (χ0) is 18.4. The summed E-state index contributed by atoms with van der Waals surface area (Å²) in [6, 6.07) is 11.5. The molecule has 0 bridgehead atoms. The summed E-state index contributed by atoms with van der Waals surface area (Å²) in [5.74, 6) is 2.99. The summed E-state index contributed by atoms with van der Waals surface area (Å²) in [5.41, 5.74) is 1.82. The quantitative estimate of drug-likeness (QED) is 0.319. The number of fused-ring (bicyclic) bond motifs is 1. The molecule has 2 aromatic heterocycles. The molecule has 27 heavy (non-hydrogen) atoms. The lowest BCUT2D eigenvalue weighted by atomic mass is 10.2. The molecule has 0 atom stereocenters. The van der Waals surface area contributed by atoms with Crippen molar-refractivity contribution in [3.05, 3.63) is 54.0 Å². The van der Waals surface area contributed by atoms with Crippen LogP contribution in [0.5, 0.6) is 11.5 Å². The van der Waals surface area contributed by atoms with Crippen LogP contribution in [0.15, 0.2) is 47.6 Å². The number of ether oxygens (including phenoxy) is 2. The molecule has 0 fully saturated rings. The van der Waals surface area contributed by atoms with Crippen molar-refractivity contribution in [1.82, 2.24) is 25.2 Å². The molecule has 2 N–H and O–H groups in total. The largest absolute Gasteiger partial charge is 0.497 e.